The minimum atomic E-state index is 0.385. The van der Waals surface area contributed by atoms with Crippen molar-refractivity contribution in [1.82, 2.24) is 0 Å². The first-order valence-electron chi connectivity index (χ1n) is 5.20. The van der Waals surface area contributed by atoms with Crippen LogP contribution in [0.5, 0.6) is 0 Å². The van der Waals surface area contributed by atoms with Gasteiger partial charge in [-0.15, -0.1) is 9.81 Å². The zero-order valence-electron chi connectivity index (χ0n) is 9.08. The maximum atomic E-state index is 10.5. The highest BCUT2D eigenvalue weighted by Gasteiger charge is 2.16. The van der Waals surface area contributed by atoms with Gasteiger partial charge in [0, 0.05) is 9.79 Å². The fourth-order valence-corrected chi connectivity index (χ4v) is 2.83. The summed E-state index contributed by atoms with van der Waals surface area (Å²) in [6, 6.07) is 10.4. The van der Waals surface area contributed by atoms with E-state index in [1.165, 1.54) is 11.8 Å². The van der Waals surface area contributed by atoms with E-state index >= 15 is 0 Å². The molecule has 0 amide bonds. The first-order valence-corrected chi connectivity index (χ1v) is 6.01. The molecule has 0 fully saturated rings. The molecule has 1 N–H and O–H groups in total. The van der Waals surface area contributed by atoms with Crippen molar-refractivity contribution in [3.05, 3.63) is 46.2 Å². The molecular weight excluding hydrogens is 250 g/mol. The molecule has 0 spiro atoms. The summed E-state index contributed by atoms with van der Waals surface area (Å²) in [4.78, 5) is 22.8. The van der Waals surface area contributed by atoms with Crippen molar-refractivity contribution >= 4 is 34.5 Å². The standard InChI is InChI=1S/C12H7N3O2S/c16-14-7-1-3-9-11(5-7)18-12-6-8(15-17)2-4-10(12)13-9/h1-6,13H. The third-order valence-corrected chi connectivity index (χ3v) is 3.75. The van der Waals surface area contributed by atoms with Crippen LogP contribution in [-0.4, -0.2) is 0 Å². The first-order chi connectivity index (χ1) is 8.80. The number of nitrogens with zero attached hydrogens (tertiary/aromatic N) is 2. The third kappa shape index (κ3) is 1.76. The van der Waals surface area contributed by atoms with Crippen LogP contribution in [0.3, 0.4) is 0 Å². The van der Waals surface area contributed by atoms with Crippen molar-refractivity contribution in [2.45, 2.75) is 9.79 Å². The third-order valence-electron chi connectivity index (χ3n) is 2.63. The van der Waals surface area contributed by atoms with Crippen molar-refractivity contribution in [3.63, 3.8) is 0 Å². The van der Waals surface area contributed by atoms with Crippen LogP contribution in [-0.2, 0) is 0 Å². The molecule has 0 saturated carbocycles. The van der Waals surface area contributed by atoms with Crippen LogP contribution < -0.4 is 5.32 Å². The van der Waals surface area contributed by atoms with E-state index < -0.39 is 0 Å². The molecular formula is C12H7N3O2S. The summed E-state index contributed by atoms with van der Waals surface area (Å²) in [6.45, 7) is 0. The topological polar surface area (TPSA) is 70.9 Å². The summed E-state index contributed by atoms with van der Waals surface area (Å²) in [5.41, 5.74) is 2.62. The van der Waals surface area contributed by atoms with Crippen molar-refractivity contribution in [1.29, 1.82) is 0 Å². The molecule has 0 aromatic heterocycles. The van der Waals surface area contributed by atoms with Gasteiger partial charge in [-0.3, -0.25) is 0 Å². The van der Waals surface area contributed by atoms with Gasteiger partial charge in [-0.1, -0.05) is 11.8 Å². The molecule has 2 aromatic carbocycles. The van der Waals surface area contributed by atoms with E-state index in [9.17, 15) is 9.81 Å². The molecule has 0 aliphatic carbocycles. The van der Waals surface area contributed by atoms with Gasteiger partial charge in [-0.2, -0.15) is 0 Å². The molecule has 1 aliphatic rings. The van der Waals surface area contributed by atoms with Gasteiger partial charge in [0.05, 0.1) is 11.4 Å². The molecule has 5 nitrogen and oxygen atoms in total. The van der Waals surface area contributed by atoms with Crippen molar-refractivity contribution in [2.75, 3.05) is 5.32 Å². The lowest BCUT2D eigenvalue weighted by Crippen LogP contribution is -1.98. The second-order valence-corrected chi connectivity index (χ2v) is 4.85. The maximum Gasteiger partial charge on any atom is 0.109 e. The van der Waals surface area contributed by atoms with Gasteiger partial charge in [0.25, 0.3) is 0 Å². The Kier molecular flexibility index (Phi) is 2.56. The van der Waals surface area contributed by atoms with Crippen LogP contribution in [0.4, 0.5) is 22.7 Å². The number of nitroso groups, excluding NO2 is 2. The lowest BCUT2D eigenvalue weighted by molar-refractivity contribution is 1.29. The van der Waals surface area contributed by atoms with Gasteiger partial charge in [0.2, 0.25) is 0 Å². The number of fused-ring (bicyclic) bond motifs is 2. The van der Waals surface area contributed by atoms with Crippen LogP contribution in [0.15, 0.2) is 56.5 Å². The molecule has 0 radical (unpaired) electrons. The molecule has 0 bridgehead atoms. The van der Waals surface area contributed by atoms with Crippen LogP contribution in [0.25, 0.3) is 0 Å². The number of rotatable bonds is 2. The van der Waals surface area contributed by atoms with E-state index in [0.717, 1.165) is 21.2 Å². The smallest absolute Gasteiger partial charge is 0.109 e. The van der Waals surface area contributed by atoms with E-state index in [4.69, 9.17) is 0 Å². The number of hydrogen-bond donors (Lipinski definition) is 1. The predicted molar refractivity (Wildman–Crippen MR) is 71.2 cm³/mol. The summed E-state index contributed by atoms with van der Waals surface area (Å²) < 4.78 is 0. The fourth-order valence-electron chi connectivity index (χ4n) is 1.77. The zero-order chi connectivity index (χ0) is 12.5. The average molecular weight is 257 g/mol. The number of benzene rings is 2. The monoisotopic (exact) mass is 257 g/mol. The molecule has 0 unspecified atom stereocenters. The Morgan fingerprint density at radius 2 is 1.33 bits per heavy atom. The van der Waals surface area contributed by atoms with Gasteiger partial charge in [0.15, 0.2) is 0 Å². The minimum Gasteiger partial charge on any atom is -0.354 e. The summed E-state index contributed by atoms with van der Waals surface area (Å²) in [6.07, 6.45) is 0. The minimum absolute atomic E-state index is 0.385. The Balaban J connectivity index is 2.06. The van der Waals surface area contributed by atoms with Gasteiger partial charge in [-0.25, -0.2) is 0 Å². The van der Waals surface area contributed by atoms with Gasteiger partial charge < -0.3 is 5.32 Å². The largest absolute Gasteiger partial charge is 0.354 e. The quantitative estimate of drug-likeness (QED) is 0.676. The zero-order valence-corrected chi connectivity index (χ0v) is 9.90. The van der Waals surface area contributed by atoms with Gasteiger partial charge >= 0.3 is 0 Å². The van der Waals surface area contributed by atoms with E-state index in [-0.39, 0.29) is 0 Å². The molecule has 88 valence electrons. The molecule has 18 heavy (non-hydrogen) atoms. The SMILES string of the molecule is O=Nc1ccc2c(c1)Sc1cc(N=O)ccc1N2. The normalized spacial score (nSPS) is 12.0. The van der Waals surface area contributed by atoms with Gasteiger partial charge in [-0.05, 0) is 46.8 Å². The van der Waals surface area contributed by atoms with Crippen molar-refractivity contribution in [2.24, 2.45) is 10.4 Å². The lowest BCUT2D eigenvalue weighted by Gasteiger charge is -2.20. The lowest BCUT2D eigenvalue weighted by atomic mass is 10.2. The van der Waals surface area contributed by atoms with Crippen LogP contribution >= 0.6 is 11.8 Å². The highest BCUT2D eigenvalue weighted by molar-refractivity contribution is 7.99. The summed E-state index contributed by atoms with van der Waals surface area (Å²) in [7, 11) is 0. The van der Waals surface area contributed by atoms with E-state index in [1.54, 1.807) is 24.3 Å². The van der Waals surface area contributed by atoms with Crippen molar-refractivity contribution < 1.29 is 0 Å². The second-order valence-electron chi connectivity index (χ2n) is 3.77. The van der Waals surface area contributed by atoms with E-state index in [2.05, 4.69) is 15.7 Å². The molecule has 0 atom stereocenters. The highest BCUT2D eigenvalue weighted by Crippen LogP contribution is 2.46. The average Bonchev–Trinajstić information content (AvgIpc) is 2.43. The Bertz CT molecular complexity index is 602. The number of nitrogens with one attached hydrogen (secondary N) is 1. The fraction of sp³-hybridized carbons (Fsp3) is 0. The maximum absolute atomic E-state index is 10.5. The number of anilines is 2. The summed E-state index contributed by atoms with van der Waals surface area (Å²) in [5.74, 6) is 0. The molecule has 1 aliphatic heterocycles. The molecule has 6 heteroatoms. The van der Waals surface area contributed by atoms with E-state index in [0.29, 0.717) is 11.4 Å². The molecule has 3 rings (SSSR count). The molecule has 1 heterocycles. The van der Waals surface area contributed by atoms with E-state index in [1.807, 2.05) is 12.1 Å². The predicted octanol–water partition coefficient (Wildman–Crippen LogP) is 4.69. The number of hydrogen-bond acceptors (Lipinski definition) is 6. The van der Waals surface area contributed by atoms with Crippen LogP contribution in [0, 0.1) is 9.81 Å². The Labute approximate surface area is 107 Å². The Morgan fingerprint density at radius 1 is 0.833 bits per heavy atom. The van der Waals surface area contributed by atoms with Crippen LogP contribution in [0.1, 0.15) is 0 Å². The Morgan fingerprint density at radius 3 is 1.78 bits per heavy atom. The summed E-state index contributed by atoms with van der Waals surface area (Å²) in [5, 5.41) is 9.05. The van der Waals surface area contributed by atoms with Crippen molar-refractivity contribution in [3.8, 4) is 0 Å². The molecule has 0 saturated heterocycles. The van der Waals surface area contributed by atoms with Gasteiger partial charge in [0.1, 0.15) is 11.4 Å². The first kappa shape index (κ1) is 10.9. The second kappa shape index (κ2) is 4.23. The van der Waals surface area contributed by atoms with Crippen LogP contribution in [0.2, 0.25) is 0 Å². The summed E-state index contributed by atoms with van der Waals surface area (Å²) >= 11 is 1.48. The molecule has 2 aromatic rings. The highest BCUT2D eigenvalue weighted by atomic mass is 32.2. The Hall–Kier alpha value is -2.21.